The zero-order valence-corrected chi connectivity index (χ0v) is 11.3. The maximum absolute atomic E-state index is 5.99. The lowest BCUT2D eigenvalue weighted by Gasteiger charge is -2.11. The van der Waals surface area contributed by atoms with Crippen molar-refractivity contribution in [1.29, 1.82) is 0 Å². The largest absolute Gasteiger partial charge is 0.473 e. The van der Waals surface area contributed by atoms with Gasteiger partial charge in [0.15, 0.2) is 0 Å². The maximum Gasteiger partial charge on any atom is 0.241 e. The van der Waals surface area contributed by atoms with Crippen molar-refractivity contribution in [2.75, 3.05) is 5.73 Å². The van der Waals surface area contributed by atoms with E-state index in [1.165, 1.54) is 18.1 Å². The minimum Gasteiger partial charge on any atom is -0.473 e. The molecule has 0 unspecified atom stereocenters. The second-order valence-corrected chi connectivity index (χ2v) is 5.08. The van der Waals surface area contributed by atoms with Crippen molar-refractivity contribution in [3.8, 4) is 5.88 Å². The zero-order valence-electron chi connectivity index (χ0n) is 10.5. The second-order valence-electron chi connectivity index (χ2n) is 4.02. The molecule has 0 aromatic carbocycles. The average molecular weight is 265 g/mol. The molecular formula is C11H15N5OS. The van der Waals surface area contributed by atoms with Gasteiger partial charge in [0.2, 0.25) is 5.88 Å². The molecule has 6 nitrogen and oxygen atoms in total. The fourth-order valence-corrected chi connectivity index (χ4v) is 2.15. The third kappa shape index (κ3) is 2.92. The van der Waals surface area contributed by atoms with E-state index in [2.05, 4.69) is 15.1 Å². The van der Waals surface area contributed by atoms with Crippen molar-refractivity contribution >= 4 is 17.4 Å². The van der Waals surface area contributed by atoms with Crippen LogP contribution in [0.3, 0.4) is 0 Å². The molecule has 96 valence electrons. The van der Waals surface area contributed by atoms with E-state index in [1.54, 1.807) is 10.9 Å². The number of aromatic nitrogens is 4. The molecule has 0 aliphatic carbocycles. The van der Waals surface area contributed by atoms with Crippen molar-refractivity contribution in [3.05, 3.63) is 18.7 Å². The molecule has 2 rings (SSSR count). The molecular weight excluding hydrogens is 250 g/mol. The van der Waals surface area contributed by atoms with Crippen LogP contribution < -0.4 is 10.5 Å². The van der Waals surface area contributed by atoms with E-state index in [4.69, 9.17) is 10.5 Å². The lowest BCUT2D eigenvalue weighted by molar-refractivity contribution is 0.233. The van der Waals surface area contributed by atoms with Gasteiger partial charge in [0, 0.05) is 13.2 Å². The lowest BCUT2D eigenvalue weighted by atomic mass is 10.4. The van der Waals surface area contributed by atoms with Crippen molar-refractivity contribution in [3.63, 3.8) is 0 Å². The summed E-state index contributed by atoms with van der Waals surface area (Å²) >= 11 is 1.44. The van der Waals surface area contributed by atoms with E-state index in [9.17, 15) is 0 Å². The predicted molar refractivity (Wildman–Crippen MR) is 69.5 cm³/mol. The fraction of sp³-hybridized carbons (Fsp3) is 0.364. The Hall–Kier alpha value is -1.76. The summed E-state index contributed by atoms with van der Waals surface area (Å²) in [5.74, 6) is 0.423. The lowest BCUT2D eigenvalue weighted by Crippen LogP contribution is -2.09. The van der Waals surface area contributed by atoms with Gasteiger partial charge in [-0.2, -0.15) is 10.1 Å². The van der Waals surface area contributed by atoms with Crippen molar-refractivity contribution in [2.24, 2.45) is 7.05 Å². The van der Waals surface area contributed by atoms with Gasteiger partial charge in [0.1, 0.15) is 17.0 Å². The minimum atomic E-state index is 0.0263. The Balaban J connectivity index is 2.23. The highest BCUT2D eigenvalue weighted by Crippen LogP contribution is 2.33. The molecule has 0 saturated carbocycles. The number of aryl methyl sites for hydroxylation is 1. The summed E-state index contributed by atoms with van der Waals surface area (Å²) < 4.78 is 7.25. The van der Waals surface area contributed by atoms with Crippen LogP contribution in [0.15, 0.2) is 28.6 Å². The Bertz CT molecular complexity index is 540. The first-order valence-corrected chi connectivity index (χ1v) is 6.31. The standard InChI is InChI=1S/C11H15N5OS/c1-7(2)17-10-9(12)11(14-6-13-10)18-8-4-15-16(3)5-8/h4-7H,12H2,1-3H3. The van der Waals surface area contributed by atoms with Crippen LogP contribution in [0.25, 0.3) is 0 Å². The van der Waals surface area contributed by atoms with Crippen LogP contribution in [-0.2, 0) is 7.05 Å². The maximum atomic E-state index is 5.99. The van der Waals surface area contributed by atoms with Gasteiger partial charge in [-0.3, -0.25) is 4.68 Å². The Labute approximate surface area is 110 Å². The first kappa shape index (κ1) is 12.7. The van der Waals surface area contributed by atoms with Crippen LogP contribution in [0.5, 0.6) is 5.88 Å². The minimum absolute atomic E-state index is 0.0263. The van der Waals surface area contributed by atoms with E-state index < -0.39 is 0 Å². The van der Waals surface area contributed by atoms with Crippen LogP contribution in [0.1, 0.15) is 13.8 Å². The van der Waals surface area contributed by atoms with E-state index in [0.717, 1.165) is 4.90 Å². The van der Waals surface area contributed by atoms with Gasteiger partial charge < -0.3 is 10.5 Å². The first-order chi connectivity index (χ1) is 8.56. The number of hydrogen-bond donors (Lipinski definition) is 1. The molecule has 0 amide bonds. The number of ether oxygens (including phenoxy) is 1. The SMILES string of the molecule is CC(C)Oc1ncnc(Sc2cnn(C)c2)c1N. The van der Waals surface area contributed by atoms with Crippen molar-refractivity contribution in [2.45, 2.75) is 29.9 Å². The van der Waals surface area contributed by atoms with Gasteiger partial charge in [0.05, 0.1) is 17.2 Å². The number of anilines is 1. The van der Waals surface area contributed by atoms with Crippen LogP contribution in [-0.4, -0.2) is 25.9 Å². The summed E-state index contributed by atoms with van der Waals surface area (Å²) in [6.07, 6.45) is 5.13. The van der Waals surface area contributed by atoms with Gasteiger partial charge >= 0.3 is 0 Å². The van der Waals surface area contributed by atoms with Gasteiger partial charge in [-0.05, 0) is 13.8 Å². The molecule has 0 aliphatic rings. The quantitative estimate of drug-likeness (QED) is 0.848. The van der Waals surface area contributed by atoms with Gasteiger partial charge in [-0.1, -0.05) is 11.8 Å². The fourth-order valence-electron chi connectivity index (χ4n) is 1.33. The van der Waals surface area contributed by atoms with Crippen LogP contribution >= 0.6 is 11.8 Å². The summed E-state index contributed by atoms with van der Waals surface area (Å²) in [5, 5.41) is 4.77. The second kappa shape index (κ2) is 5.26. The monoisotopic (exact) mass is 265 g/mol. The molecule has 0 bridgehead atoms. The normalized spacial score (nSPS) is 10.9. The van der Waals surface area contributed by atoms with Crippen molar-refractivity contribution < 1.29 is 4.74 Å². The summed E-state index contributed by atoms with van der Waals surface area (Å²) in [5.41, 5.74) is 6.45. The Morgan fingerprint density at radius 3 is 2.78 bits per heavy atom. The summed E-state index contributed by atoms with van der Waals surface area (Å²) in [6, 6.07) is 0. The molecule has 2 aromatic heterocycles. The summed E-state index contributed by atoms with van der Waals surface area (Å²) in [7, 11) is 1.86. The highest BCUT2D eigenvalue weighted by molar-refractivity contribution is 7.99. The summed E-state index contributed by atoms with van der Waals surface area (Å²) in [6.45, 7) is 3.85. The van der Waals surface area contributed by atoms with E-state index in [1.807, 2.05) is 27.1 Å². The number of nitrogen functional groups attached to an aromatic ring is 1. The van der Waals surface area contributed by atoms with E-state index >= 15 is 0 Å². The smallest absolute Gasteiger partial charge is 0.241 e. The number of nitrogens with two attached hydrogens (primary N) is 1. The van der Waals surface area contributed by atoms with E-state index in [0.29, 0.717) is 16.6 Å². The third-order valence-electron chi connectivity index (χ3n) is 2.05. The number of nitrogens with zero attached hydrogens (tertiary/aromatic N) is 4. The predicted octanol–water partition coefficient (Wildman–Crippen LogP) is 1.73. The topological polar surface area (TPSA) is 78.9 Å². The molecule has 0 radical (unpaired) electrons. The summed E-state index contributed by atoms with van der Waals surface area (Å²) in [4.78, 5) is 9.16. The molecule has 0 saturated heterocycles. The zero-order chi connectivity index (χ0) is 13.1. The Kier molecular flexibility index (Phi) is 3.71. The van der Waals surface area contributed by atoms with Crippen LogP contribution in [0.4, 0.5) is 5.69 Å². The van der Waals surface area contributed by atoms with Crippen LogP contribution in [0, 0.1) is 0 Å². The Morgan fingerprint density at radius 1 is 1.39 bits per heavy atom. The molecule has 0 aliphatic heterocycles. The molecule has 2 N–H and O–H groups in total. The molecule has 0 atom stereocenters. The van der Waals surface area contributed by atoms with Gasteiger partial charge in [0.25, 0.3) is 0 Å². The van der Waals surface area contributed by atoms with E-state index in [-0.39, 0.29) is 6.10 Å². The highest BCUT2D eigenvalue weighted by Gasteiger charge is 2.12. The molecule has 0 spiro atoms. The molecule has 0 fully saturated rings. The average Bonchev–Trinajstić information content (AvgIpc) is 2.69. The molecule has 7 heteroatoms. The molecule has 2 aromatic rings. The highest BCUT2D eigenvalue weighted by atomic mass is 32.2. The van der Waals surface area contributed by atoms with Crippen molar-refractivity contribution in [1.82, 2.24) is 19.7 Å². The Morgan fingerprint density at radius 2 is 2.17 bits per heavy atom. The van der Waals surface area contributed by atoms with Crippen LogP contribution in [0.2, 0.25) is 0 Å². The number of rotatable bonds is 4. The number of hydrogen-bond acceptors (Lipinski definition) is 6. The third-order valence-corrected chi connectivity index (χ3v) is 3.02. The van der Waals surface area contributed by atoms with Gasteiger partial charge in [-0.15, -0.1) is 0 Å². The van der Waals surface area contributed by atoms with Gasteiger partial charge in [-0.25, -0.2) is 4.98 Å². The molecule has 2 heterocycles. The molecule has 18 heavy (non-hydrogen) atoms. The first-order valence-electron chi connectivity index (χ1n) is 5.50.